The van der Waals surface area contributed by atoms with E-state index in [1.165, 1.54) is 0 Å². The number of allylic oxidation sites excluding steroid dienone is 2. The molecule has 0 amide bonds. The third-order valence-electron chi connectivity index (χ3n) is 1.51. The Morgan fingerprint density at radius 2 is 2.33 bits per heavy atom. The number of pyridine rings is 1. The van der Waals surface area contributed by atoms with Crippen molar-refractivity contribution >= 4 is 24.3 Å². The summed E-state index contributed by atoms with van der Waals surface area (Å²) in [6.07, 6.45) is 7.52. The van der Waals surface area contributed by atoms with Crippen molar-refractivity contribution in [3.8, 4) is 0 Å². The van der Waals surface area contributed by atoms with Gasteiger partial charge in [0.25, 0.3) is 0 Å². The fourth-order valence-electron chi connectivity index (χ4n) is 0.837. The second kappa shape index (κ2) is 4.07. The van der Waals surface area contributed by atoms with Crippen molar-refractivity contribution in [3.63, 3.8) is 0 Å². The Hall–Kier alpha value is -1.08. The van der Waals surface area contributed by atoms with Gasteiger partial charge in [0.05, 0.1) is 0 Å². The van der Waals surface area contributed by atoms with E-state index in [0.29, 0.717) is 5.15 Å². The van der Waals surface area contributed by atoms with Crippen LogP contribution in [0.2, 0.25) is 5.15 Å². The quantitative estimate of drug-likeness (QED) is 0.596. The van der Waals surface area contributed by atoms with Gasteiger partial charge < -0.3 is 0 Å². The molecule has 0 spiro atoms. The SMILES string of the molecule is C=c1c(Cl)ncc/c1=C/C=C\C. The summed E-state index contributed by atoms with van der Waals surface area (Å²) in [5.74, 6) is 0. The molecule has 0 aromatic carbocycles. The average molecular weight is 180 g/mol. The van der Waals surface area contributed by atoms with Crippen LogP contribution < -0.4 is 10.4 Å². The van der Waals surface area contributed by atoms with Crippen LogP contribution in [-0.2, 0) is 0 Å². The molecule has 1 heterocycles. The maximum Gasteiger partial charge on any atom is 0.136 e. The minimum Gasteiger partial charge on any atom is -0.244 e. The number of hydrogen-bond acceptors (Lipinski definition) is 1. The summed E-state index contributed by atoms with van der Waals surface area (Å²) in [4.78, 5) is 3.91. The summed E-state index contributed by atoms with van der Waals surface area (Å²) in [6.45, 7) is 5.77. The van der Waals surface area contributed by atoms with Gasteiger partial charge in [-0.15, -0.1) is 0 Å². The molecule has 0 radical (unpaired) electrons. The Kier molecular flexibility index (Phi) is 3.06. The zero-order valence-corrected chi connectivity index (χ0v) is 7.67. The predicted octanol–water partition coefficient (Wildman–Crippen LogP) is 1.50. The van der Waals surface area contributed by atoms with Crippen LogP contribution in [0, 0.1) is 0 Å². The molecule has 1 aromatic rings. The van der Waals surface area contributed by atoms with Gasteiger partial charge in [-0.25, -0.2) is 4.98 Å². The van der Waals surface area contributed by atoms with Gasteiger partial charge >= 0.3 is 0 Å². The van der Waals surface area contributed by atoms with Gasteiger partial charge in [0.2, 0.25) is 0 Å². The fraction of sp³-hybridized carbons (Fsp3) is 0.100. The molecule has 62 valence electrons. The Bertz CT molecular complexity index is 393. The summed E-state index contributed by atoms with van der Waals surface area (Å²) in [7, 11) is 0. The first-order valence-electron chi connectivity index (χ1n) is 3.68. The highest BCUT2D eigenvalue weighted by molar-refractivity contribution is 6.29. The highest BCUT2D eigenvalue weighted by Gasteiger charge is 1.88. The Labute approximate surface area is 76.7 Å². The first kappa shape index (κ1) is 9.01. The molecular formula is C10H10ClN. The molecule has 0 bridgehead atoms. The number of aromatic nitrogens is 1. The lowest BCUT2D eigenvalue weighted by Gasteiger charge is -1.89. The Balaban J connectivity index is 3.36. The molecule has 0 aliphatic rings. The molecule has 12 heavy (non-hydrogen) atoms. The molecule has 1 rings (SSSR count). The summed E-state index contributed by atoms with van der Waals surface area (Å²) in [6, 6.07) is 1.88. The van der Waals surface area contributed by atoms with Gasteiger partial charge in [-0.1, -0.05) is 36.4 Å². The topological polar surface area (TPSA) is 12.9 Å². The van der Waals surface area contributed by atoms with Crippen LogP contribution in [0.5, 0.6) is 0 Å². The van der Waals surface area contributed by atoms with Crippen LogP contribution in [0.15, 0.2) is 24.4 Å². The summed E-state index contributed by atoms with van der Waals surface area (Å²) < 4.78 is 0. The Morgan fingerprint density at radius 3 is 3.00 bits per heavy atom. The van der Waals surface area contributed by atoms with E-state index in [-0.39, 0.29) is 0 Å². The summed E-state index contributed by atoms with van der Waals surface area (Å²) in [5, 5.41) is 2.25. The van der Waals surface area contributed by atoms with Crippen LogP contribution in [0.3, 0.4) is 0 Å². The van der Waals surface area contributed by atoms with Crippen molar-refractivity contribution < 1.29 is 0 Å². The smallest absolute Gasteiger partial charge is 0.136 e. The molecule has 0 unspecified atom stereocenters. The number of hydrogen-bond donors (Lipinski definition) is 0. The third kappa shape index (κ3) is 1.95. The first-order chi connectivity index (χ1) is 5.75. The fourth-order valence-corrected chi connectivity index (χ4v) is 1.00. The van der Waals surface area contributed by atoms with E-state index >= 15 is 0 Å². The standard InChI is InChI=1S/C10H10ClN/c1-3-4-5-9-6-7-12-10(11)8(9)2/h3-7H,2H2,1H3/b4-3-,9-5-. The van der Waals surface area contributed by atoms with E-state index in [2.05, 4.69) is 11.6 Å². The van der Waals surface area contributed by atoms with E-state index in [1.807, 2.05) is 31.2 Å². The molecule has 2 heteroatoms. The molecule has 0 saturated carbocycles. The lowest BCUT2D eigenvalue weighted by molar-refractivity contribution is 1.28. The van der Waals surface area contributed by atoms with Gasteiger partial charge in [0, 0.05) is 11.4 Å². The van der Waals surface area contributed by atoms with E-state index < -0.39 is 0 Å². The lowest BCUT2D eigenvalue weighted by Crippen LogP contribution is -2.24. The maximum absolute atomic E-state index is 5.78. The van der Waals surface area contributed by atoms with Crippen molar-refractivity contribution in [2.24, 2.45) is 0 Å². The number of halogens is 1. The molecule has 0 aliphatic heterocycles. The van der Waals surface area contributed by atoms with Crippen molar-refractivity contribution in [1.82, 2.24) is 4.98 Å². The zero-order chi connectivity index (χ0) is 8.97. The second-order valence-corrected chi connectivity index (χ2v) is 2.72. The molecular weight excluding hydrogens is 170 g/mol. The summed E-state index contributed by atoms with van der Waals surface area (Å²) >= 11 is 5.78. The van der Waals surface area contributed by atoms with Crippen molar-refractivity contribution in [2.45, 2.75) is 6.92 Å². The largest absolute Gasteiger partial charge is 0.244 e. The molecule has 0 fully saturated rings. The molecule has 0 saturated heterocycles. The third-order valence-corrected chi connectivity index (χ3v) is 1.83. The van der Waals surface area contributed by atoms with E-state index in [1.54, 1.807) is 6.20 Å². The minimum absolute atomic E-state index is 0.466. The van der Waals surface area contributed by atoms with Crippen LogP contribution in [0.4, 0.5) is 0 Å². The van der Waals surface area contributed by atoms with Gasteiger partial charge in [0.15, 0.2) is 0 Å². The van der Waals surface area contributed by atoms with Crippen molar-refractivity contribution in [2.75, 3.05) is 0 Å². The van der Waals surface area contributed by atoms with Crippen molar-refractivity contribution in [3.05, 3.63) is 40.0 Å². The number of nitrogens with zero attached hydrogens (tertiary/aromatic N) is 1. The van der Waals surface area contributed by atoms with Gasteiger partial charge in [-0.3, -0.25) is 0 Å². The van der Waals surface area contributed by atoms with E-state index in [9.17, 15) is 0 Å². The van der Waals surface area contributed by atoms with Gasteiger partial charge in [-0.2, -0.15) is 0 Å². The minimum atomic E-state index is 0.466. The second-order valence-electron chi connectivity index (χ2n) is 2.36. The van der Waals surface area contributed by atoms with Gasteiger partial charge in [-0.05, 0) is 18.2 Å². The maximum atomic E-state index is 5.78. The summed E-state index contributed by atoms with van der Waals surface area (Å²) in [5.41, 5.74) is 0. The van der Waals surface area contributed by atoms with Crippen LogP contribution in [0.1, 0.15) is 6.92 Å². The highest BCUT2D eigenvalue weighted by Crippen LogP contribution is 1.88. The lowest BCUT2D eigenvalue weighted by atomic mass is 10.3. The van der Waals surface area contributed by atoms with E-state index in [0.717, 1.165) is 10.4 Å². The van der Waals surface area contributed by atoms with Crippen LogP contribution in [0.25, 0.3) is 12.7 Å². The normalized spacial score (nSPS) is 12.7. The molecule has 0 N–H and O–H groups in total. The molecule has 0 atom stereocenters. The van der Waals surface area contributed by atoms with Crippen molar-refractivity contribution in [1.29, 1.82) is 0 Å². The Morgan fingerprint density at radius 1 is 1.58 bits per heavy atom. The first-order valence-corrected chi connectivity index (χ1v) is 4.06. The molecule has 1 nitrogen and oxygen atoms in total. The van der Waals surface area contributed by atoms with Gasteiger partial charge in [0.1, 0.15) is 5.15 Å². The highest BCUT2D eigenvalue weighted by atomic mass is 35.5. The number of rotatable bonds is 1. The van der Waals surface area contributed by atoms with E-state index in [4.69, 9.17) is 11.6 Å². The molecule has 1 aromatic heterocycles. The predicted molar refractivity (Wildman–Crippen MR) is 53.3 cm³/mol. The average Bonchev–Trinajstić information content (AvgIpc) is 2.08. The zero-order valence-electron chi connectivity index (χ0n) is 6.92. The van der Waals surface area contributed by atoms with Crippen LogP contribution >= 0.6 is 11.6 Å². The molecule has 0 aliphatic carbocycles. The monoisotopic (exact) mass is 179 g/mol. The van der Waals surface area contributed by atoms with Crippen LogP contribution in [-0.4, -0.2) is 4.98 Å².